The molecule has 0 heterocycles. The van der Waals surface area contributed by atoms with Gasteiger partial charge in [0.1, 0.15) is 11.5 Å². The molecule has 1 amide bonds. The van der Waals surface area contributed by atoms with Crippen molar-refractivity contribution in [3.63, 3.8) is 0 Å². The molecule has 1 N–H and O–H groups in total. The molecule has 2 rings (SSSR count). The monoisotopic (exact) mass is 319 g/mol. The summed E-state index contributed by atoms with van der Waals surface area (Å²) in [5, 5.41) is 3.04. The van der Waals surface area contributed by atoms with Gasteiger partial charge in [-0.2, -0.15) is 0 Å². The van der Waals surface area contributed by atoms with Crippen LogP contribution in [0, 0.1) is 6.92 Å². The minimum atomic E-state index is -0.0767. The largest absolute Gasteiger partial charge is 0.457 e. The first-order chi connectivity index (χ1) is 9.17. The summed E-state index contributed by atoms with van der Waals surface area (Å²) in [6, 6.07) is 15.1. The summed E-state index contributed by atoms with van der Waals surface area (Å²) in [7, 11) is 0. The number of hydrogen-bond acceptors (Lipinski definition) is 2. The summed E-state index contributed by atoms with van der Waals surface area (Å²) in [5.74, 6) is 1.45. The summed E-state index contributed by atoms with van der Waals surface area (Å²) in [6.45, 7) is 2.03. The van der Waals surface area contributed by atoms with Gasteiger partial charge >= 0.3 is 0 Å². The lowest BCUT2D eigenvalue weighted by atomic mass is 10.2. The molecule has 0 fully saturated rings. The Hall–Kier alpha value is -1.81. The van der Waals surface area contributed by atoms with Crippen LogP contribution < -0.4 is 10.1 Å². The van der Waals surface area contributed by atoms with E-state index in [9.17, 15) is 4.79 Å². The predicted octanol–water partition coefficient (Wildman–Crippen LogP) is 4.12. The summed E-state index contributed by atoms with van der Waals surface area (Å²) >= 11 is 3.10. The first-order valence-corrected chi connectivity index (χ1v) is 7.00. The molecule has 4 heteroatoms. The fraction of sp³-hybridized carbons (Fsp3) is 0.133. The quantitative estimate of drug-likeness (QED) is 0.861. The molecule has 2 aromatic rings. The number of rotatable bonds is 4. The number of hydrogen-bond donors (Lipinski definition) is 1. The van der Waals surface area contributed by atoms with Crippen molar-refractivity contribution in [1.29, 1.82) is 0 Å². The summed E-state index contributed by atoms with van der Waals surface area (Å²) < 4.78 is 5.70. The van der Waals surface area contributed by atoms with Gasteiger partial charge in [0, 0.05) is 5.69 Å². The second kappa shape index (κ2) is 6.38. The maximum Gasteiger partial charge on any atom is 0.235 e. The van der Waals surface area contributed by atoms with E-state index in [2.05, 4.69) is 21.2 Å². The summed E-state index contributed by atoms with van der Waals surface area (Å²) in [5.41, 5.74) is 1.95. The molecule has 0 saturated carbocycles. The fourth-order valence-corrected chi connectivity index (χ4v) is 1.68. The van der Waals surface area contributed by atoms with E-state index in [1.807, 2.05) is 55.5 Å². The number of amides is 1. The Bertz CT molecular complexity index is 549. The number of nitrogens with one attached hydrogen (secondary N) is 1. The van der Waals surface area contributed by atoms with Gasteiger partial charge < -0.3 is 10.1 Å². The topological polar surface area (TPSA) is 38.3 Å². The van der Waals surface area contributed by atoms with Gasteiger partial charge in [0.05, 0.1) is 5.33 Å². The molecule has 0 saturated heterocycles. The van der Waals surface area contributed by atoms with Crippen LogP contribution in [0.25, 0.3) is 0 Å². The van der Waals surface area contributed by atoms with Gasteiger partial charge in [-0.3, -0.25) is 4.79 Å². The van der Waals surface area contributed by atoms with Crippen LogP contribution in [-0.4, -0.2) is 11.2 Å². The number of halogens is 1. The molecule has 2 aromatic carbocycles. The highest BCUT2D eigenvalue weighted by Gasteiger charge is 2.01. The molecule has 0 bridgehead atoms. The zero-order valence-corrected chi connectivity index (χ0v) is 12.1. The van der Waals surface area contributed by atoms with Crippen LogP contribution in [-0.2, 0) is 4.79 Å². The van der Waals surface area contributed by atoms with Crippen molar-refractivity contribution in [2.75, 3.05) is 10.6 Å². The Morgan fingerprint density at radius 3 is 2.11 bits per heavy atom. The van der Waals surface area contributed by atoms with E-state index in [1.165, 1.54) is 5.56 Å². The Morgan fingerprint density at radius 1 is 1.05 bits per heavy atom. The minimum absolute atomic E-state index is 0.0767. The number of aryl methyl sites for hydroxylation is 1. The van der Waals surface area contributed by atoms with E-state index in [0.29, 0.717) is 0 Å². The van der Waals surface area contributed by atoms with Gasteiger partial charge in [0.25, 0.3) is 0 Å². The van der Waals surface area contributed by atoms with Crippen molar-refractivity contribution < 1.29 is 9.53 Å². The smallest absolute Gasteiger partial charge is 0.235 e. The van der Waals surface area contributed by atoms with E-state index in [-0.39, 0.29) is 11.2 Å². The molecule has 0 aromatic heterocycles. The Morgan fingerprint density at radius 2 is 1.58 bits per heavy atom. The molecule has 19 heavy (non-hydrogen) atoms. The SMILES string of the molecule is Cc1ccc(Oc2ccc(NC(=O)CBr)cc2)cc1. The normalized spacial score (nSPS) is 10.0. The average molecular weight is 320 g/mol. The first-order valence-electron chi connectivity index (χ1n) is 5.88. The summed E-state index contributed by atoms with van der Waals surface area (Å²) in [6.07, 6.45) is 0. The van der Waals surface area contributed by atoms with Crippen molar-refractivity contribution >= 4 is 27.5 Å². The highest BCUT2D eigenvalue weighted by molar-refractivity contribution is 9.09. The Kier molecular flexibility index (Phi) is 4.58. The third-order valence-electron chi connectivity index (χ3n) is 2.52. The zero-order chi connectivity index (χ0) is 13.7. The minimum Gasteiger partial charge on any atom is -0.457 e. The van der Waals surface area contributed by atoms with Gasteiger partial charge in [-0.15, -0.1) is 0 Å². The predicted molar refractivity (Wildman–Crippen MR) is 80.1 cm³/mol. The highest BCUT2D eigenvalue weighted by Crippen LogP contribution is 2.23. The van der Waals surface area contributed by atoms with Gasteiger partial charge in [0.2, 0.25) is 5.91 Å². The van der Waals surface area contributed by atoms with Crippen LogP contribution in [0.4, 0.5) is 5.69 Å². The van der Waals surface area contributed by atoms with E-state index in [4.69, 9.17) is 4.74 Å². The van der Waals surface area contributed by atoms with Gasteiger partial charge in [0.15, 0.2) is 0 Å². The van der Waals surface area contributed by atoms with E-state index in [0.717, 1.165) is 17.2 Å². The van der Waals surface area contributed by atoms with Crippen molar-refractivity contribution in [1.82, 2.24) is 0 Å². The number of carbonyl (C=O) groups is 1. The third kappa shape index (κ3) is 4.10. The molecule has 98 valence electrons. The molecular formula is C15H14BrNO2. The van der Waals surface area contributed by atoms with Crippen molar-refractivity contribution in [2.45, 2.75) is 6.92 Å². The first kappa shape index (κ1) is 13.6. The number of ether oxygens (including phenoxy) is 1. The molecule has 3 nitrogen and oxygen atoms in total. The van der Waals surface area contributed by atoms with Gasteiger partial charge in [-0.25, -0.2) is 0 Å². The van der Waals surface area contributed by atoms with E-state index in [1.54, 1.807) is 0 Å². The van der Waals surface area contributed by atoms with Crippen LogP contribution in [0.3, 0.4) is 0 Å². The fourth-order valence-electron chi connectivity index (χ4n) is 1.54. The van der Waals surface area contributed by atoms with Gasteiger partial charge in [-0.1, -0.05) is 33.6 Å². The highest BCUT2D eigenvalue weighted by atomic mass is 79.9. The van der Waals surface area contributed by atoms with E-state index < -0.39 is 0 Å². The standard InChI is InChI=1S/C15H14BrNO2/c1-11-2-6-13(7-3-11)19-14-8-4-12(5-9-14)17-15(18)10-16/h2-9H,10H2,1H3,(H,17,18). The number of benzene rings is 2. The van der Waals surface area contributed by atoms with Crippen LogP contribution in [0.1, 0.15) is 5.56 Å². The number of anilines is 1. The lowest BCUT2D eigenvalue weighted by Crippen LogP contribution is -2.11. The number of carbonyl (C=O) groups excluding carboxylic acids is 1. The zero-order valence-electron chi connectivity index (χ0n) is 10.5. The Balaban J connectivity index is 2.02. The molecule has 0 atom stereocenters. The number of alkyl halides is 1. The van der Waals surface area contributed by atoms with Crippen LogP contribution in [0.5, 0.6) is 11.5 Å². The molecule has 0 aliphatic heterocycles. The van der Waals surface area contributed by atoms with Gasteiger partial charge in [-0.05, 0) is 43.3 Å². The molecule has 0 spiro atoms. The van der Waals surface area contributed by atoms with Crippen molar-refractivity contribution in [3.05, 3.63) is 54.1 Å². The lowest BCUT2D eigenvalue weighted by Gasteiger charge is -2.07. The molecule has 0 aliphatic carbocycles. The van der Waals surface area contributed by atoms with Crippen molar-refractivity contribution in [3.8, 4) is 11.5 Å². The van der Waals surface area contributed by atoms with Crippen molar-refractivity contribution in [2.24, 2.45) is 0 Å². The third-order valence-corrected chi connectivity index (χ3v) is 3.03. The maximum atomic E-state index is 11.2. The summed E-state index contributed by atoms with van der Waals surface area (Å²) in [4.78, 5) is 11.2. The van der Waals surface area contributed by atoms with Crippen LogP contribution in [0.2, 0.25) is 0 Å². The second-order valence-electron chi connectivity index (χ2n) is 4.12. The molecule has 0 unspecified atom stereocenters. The molecular weight excluding hydrogens is 306 g/mol. The average Bonchev–Trinajstić information content (AvgIpc) is 2.43. The maximum absolute atomic E-state index is 11.2. The Labute approximate surface area is 120 Å². The van der Waals surface area contributed by atoms with E-state index >= 15 is 0 Å². The van der Waals surface area contributed by atoms with Crippen LogP contribution in [0.15, 0.2) is 48.5 Å². The second-order valence-corrected chi connectivity index (χ2v) is 4.68. The molecule has 0 aliphatic rings. The van der Waals surface area contributed by atoms with Crippen LogP contribution >= 0.6 is 15.9 Å². The molecule has 0 radical (unpaired) electrons. The lowest BCUT2D eigenvalue weighted by molar-refractivity contribution is -0.113.